The van der Waals surface area contributed by atoms with Crippen LogP contribution in [0.2, 0.25) is 0 Å². The maximum absolute atomic E-state index is 13.2. The van der Waals surface area contributed by atoms with Crippen LogP contribution < -0.4 is 21.3 Å². The first-order valence-electron chi connectivity index (χ1n) is 17.7. The van der Waals surface area contributed by atoms with E-state index >= 15 is 0 Å². The van der Waals surface area contributed by atoms with Gasteiger partial charge in [0.05, 0.1) is 28.4 Å². The van der Waals surface area contributed by atoms with Crippen LogP contribution in [0.4, 0.5) is 0 Å². The van der Waals surface area contributed by atoms with Crippen LogP contribution in [-0.4, -0.2) is 102 Å². The van der Waals surface area contributed by atoms with Gasteiger partial charge in [-0.2, -0.15) is 0 Å². The van der Waals surface area contributed by atoms with Crippen LogP contribution in [0.15, 0.2) is 83.5 Å². The van der Waals surface area contributed by atoms with E-state index in [0.717, 1.165) is 5.56 Å². The number of carbonyl (C=O) groups is 8. The highest BCUT2D eigenvalue weighted by Gasteiger charge is 2.16. The van der Waals surface area contributed by atoms with Crippen molar-refractivity contribution in [3.05, 3.63) is 89.1 Å². The van der Waals surface area contributed by atoms with Gasteiger partial charge < -0.3 is 40.2 Å². The number of allylic oxidation sites excluding steroid dienone is 4. The monoisotopic (exact) mass is 780 g/mol. The van der Waals surface area contributed by atoms with E-state index in [0.29, 0.717) is 18.4 Å². The van der Waals surface area contributed by atoms with Gasteiger partial charge >= 0.3 is 23.9 Å². The maximum Gasteiger partial charge on any atom is 0.325 e. The zero-order valence-electron chi connectivity index (χ0n) is 32.4. The molecule has 304 valence electrons. The van der Waals surface area contributed by atoms with Crippen molar-refractivity contribution in [1.82, 2.24) is 21.3 Å². The summed E-state index contributed by atoms with van der Waals surface area (Å²) in [5.41, 5.74) is 2.03. The number of amides is 4. The molecule has 1 rings (SSSR count). The van der Waals surface area contributed by atoms with Gasteiger partial charge in [-0.1, -0.05) is 67.3 Å². The minimum Gasteiger partial charge on any atom is -0.468 e. The summed E-state index contributed by atoms with van der Waals surface area (Å²) < 4.78 is 18.3. The molecule has 0 atom stereocenters. The third kappa shape index (κ3) is 20.8. The van der Waals surface area contributed by atoms with E-state index in [9.17, 15) is 38.4 Å². The molecule has 0 saturated carbocycles. The van der Waals surface area contributed by atoms with E-state index in [1.165, 1.54) is 28.4 Å². The summed E-state index contributed by atoms with van der Waals surface area (Å²) in [5.74, 6) is -4.77. The molecule has 1 aromatic rings. The molecule has 1 aromatic carbocycles. The van der Waals surface area contributed by atoms with Crippen molar-refractivity contribution < 1.29 is 57.3 Å². The number of benzene rings is 1. The lowest BCUT2D eigenvalue weighted by Gasteiger charge is -2.11. The predicted molar refractivity (Wildman–Crippen MR) is 206 cm³/mol. The first kappa shape index (κ1) is 47.7. The van der Waals surface area contributed by atoms with Crippen molar-refractivity contribution in [2.24, 2.45) is 0 Å². The Morgan fingerprint density at radius 2 is 0.839 bits per heavy atom. The molecule has 16 heteroatoms. The van der Waals surface area contributed by atoms with E-state index in [2.05, 4.69) is 46.8 Å². The largest absolute Gasteiger partial charge is 0.468 e. The van der Waals surface area contributed by atoms with Crippen LogP contribution in [0, 0.1) is 0 Å². The lowest BCUT2D eigenvalue weighted by atomic mass is 10.0. The summed E-state index contributed by atoms with van der Waals surface area (Å²) in [7, 11) is 4.75. The molecular weight excluding hydrogens is 728 g/mol. The van der Waals surface area contributed by atoms with Crippen LogP contribution in [0.5, 0.6) is 0 Å². The van der Waals surface area contributed by atoms with Gasteiger partial charge in [-0.3, -0.25) is 38.4 Å². The van der Waals surface area contributed by atoms with Crippen LogP contribution in [0.1, 0.15) is 56.9 Å². The van der Waals surface area contributed by atoms with Gasteiger partial charge in [0, 0.05) is 22.3 Å². The van der Waals surface area contributed by atoms with Gasteiger partial charge in [0.25, 0.3) is 0 Å². The van der Waals surface area contributed by atoms with E-state index in [4.69, 9.17) is 0 Å². The van der Waals surface area contributed by atoms with E-state index in [1.807, 2.05) is 42.5 Å². The number of nitrogens with one attached hydrogen (secondary N) is 4. The molecule has 4 amide bonds. The van der Waals surface area contributed by atoms with Crippen molar-refractivity contribution in [2.45, 2.75) is 51.4 Å². The maximum atomic E-state index is 13.2. The Bertz CT molecular complexity index is 1660. The average Bonchev–Trinajstić information content (AvgIpc) is 3.21. The summed E-state index contributed by atoms with van der Waals surface area (Å²) in [6.45, 7) is 2.28. The Morgan fingerprint density at radius 3 is 1.21 bits per heavy atom. The van der Waals surface area contributed by atoms with Gasteiger partial charge in [-0.25, -0.2) is 0 Å². The minimum atomic E-state index is -0.670. The van der Waals surface area contributed by atoms with Gasteiger partial charge in [0.15, 0.2) is 0 Å². The summed E-state index contributed by atoms with van der Waals surface area (Å²) >= 11 is 0. The molecule has 0 aliphatic heterocycles. The molecule has 0 fully saturated rings. The first-order chi connectivity index (χ1) is 26.8. The number of hydrogen-bond acceptors (Lipinski definition) is 12. The smallest absolute Gasteiger partial charge is 0.325 e. The van der Waals surface area contributed by atoms with Crippen molar-refractivity contribution in [3.63, 3.8) is 0 Å². The minimum absolute atomic E-state index is 0.104. The molecule has 0 unspecified atom stereocenters. The molecule has 0 aliphatic rings. The molecule has 0 radical (unpaired) electrons. The number of methoxy groups -OCH3 is 4. The standard InChI is InChI=1S/C40H52N4O12/c1-28(37(49)41-24-33(45)53-2)14-11-19-31(39(51)43-26-35(47)55-4)21-13-23-32(40(52)44-27-36(48)56-5)22-12-20-30(38(50)42-25-34(46)54-3)18-10-9-17-29-15-7-6-8-16-29/h6-9,15-17,19-20,23H,1,10-14,18,21-22,24-27H2,2-5H3,(H,41,49)(H,42,50)(H,43,51)(H,44,52)/b17-9?,30-20+,31-19+,32-23+. The number of rotatable bonds is 25. The molecule has 0 spiro atoms. The van der Waals surface area contributed by atoms with Crippen LogP contribution >= 0.6 is 0 Å². The molecular formula is C40H52N4O12. The Hall–Kier alpha value is -6.32. The quantitative estimate of drug-likeness (QED) is 0.0638. The number of hydrogen-bond donors (Lipinski definition) is 4. The van der Waals surface area contributed by atoms with Crippen molar-refractivity contribution in [3.8, 4) is 0 Å². The average molecular weight is 781 g/mol. The fraction of sp³-hybridized carbons (Fsp3) is 0.400. The third-order valence-corrected chi connectivity index (χ3v) is 7.82. The van der Waals surface area contributed by atoms with Crippen LogP contribution in [0.3, 0.4) is 0 Å². The van der Waals surface area contributed by atoms with E-state index < -0.39 is 60.6 Å². The molecule has 56 heavy (non-hydrogen) atoms. The highest BCUT2D eigenvalue weighted by atomic mass is 16.5. The summed E-state index contributed by atoms with van der Waals surface area (Å²) in [6.07, 6.45) is 10.5. The van der Waals surface area contributed by atoms with E-state index in [-0.39, 0.29) is 68.3 Å². The Balaban J connectivity index is 3.23. The molecule has 0 aromatic heterocycles. The summed E-state index contributed by atoms with van der Waals surface area (Å²) in [5, 5.41) is 9.91. The lowest BCUT2D eigenvalue weighted by Crippen LogP contribution is -2.32. The SMILES string of the molecule is C=C(CC/C=C(\CC/C=C(\CC/C=C(\CCC=Cc1ccccc1)C(=O)NCC(=O)OC)C(=O)NCC(=O)OC)C(=O)NCC(=O)OC)C(=O)NCC(=O)OC. The Morgan fingerprint density at radius 1 is 0.500 bits per heavy atom. The fourth-order valence-corrected chi connectivity index (χ4v) is 4.65. The molecule has 0 bridgehead atoms. The van der Waals surface area contributed by atoms with Crippen molar-refractivity contribution >= 4 is 53.6 Å². The van der Waals surface area contributed by atoms with Gasteiger partial charge in [-0.15, -0.1) is 0 Å². The highest BCUT2D eigenvalue weighted by Crippen LogP contribution is 2.17. The lowest BCUT2D eigenvalue weighted by molar-refractivity contribution is -0.141. The first-order valence-corrected chi connectivity index (χ1v) is 17.7. The number of esters is 4. The van der Waals surface area contributed by atoms with Crippen LogP contribution in [-0.2, 0) is 57.3 Å². The fourth-order valence-electron chi connectivity index (χ4n) is 4.65. The second kappa shape index (κ2) is 28.2. The highest BCUT2D eigenvalue weighted by molar-refractivity contribution is 5.97. The molecule has 0 heterocycles. The molecule has 16 nitrogen and oxygen atoms in total. The summed E-state index contributed by atoms with van der Waals surface area (Å²) in [6, 6.07) is 9.61. The van der Waals surface area contributed by atoms with Crippen molar-refractivity contribution in [1.29, 1.82) is 0 Å². The number of carbonyl (C=O) groups excluding carboxylic acids is 8. The second-order valence-corrected chi connectivity index (χ2v) is 11.8. The normalized spacial score (nSPS) is 11.5. The van der Waals surface area contributed by atoms with Gasteiger partial charge in [0.2, 0.25) is 23.6 Å². The van der Waals surface area contributed by atoms with E-state index in [1.54, 1.807) is 18.2 Å². The molecule has 0 saturated heterocycles. The van der Waals surface area contributed by atoms with Gasteiger partial charge in [-0.05, 0) is 56.9 Å². The zero-order chi connectivity index (χ0) is 41.7. The summed E-state index contributed by atoms with van der Waals surface area (Å²) in [4.78, 5) is 98.0. The molecule has 0 aliphatic carbocycles. The van der Waals surface area contributed by atoms with Crippen molar-refractivity contribution in [2.75, 3.05) is 54.6 Å². The second-order valence-electron chi connectivity index (χ2n) is 11.8. The Kier molecular flexibility index (Phi) is 24.0. The van der Waals surface area contributed by atoms with Crippen LogP contribution in [0.25, 0.3) is 6.08 Å². The Labute approximate surface area is 326 Å². The number of ether oxygens (including phenoxy) is 4. The topological polar surface area (TPSA) is 222 Å². The van der Waals surface area contributed by atoms with Gasteiger partial charge in [0.1, 0.15) is 26.2 Å². The predicted octanol–water partition coefficient (Wildman–Crippen LogP) is 2.31. The third-order valence-electron chi connectivity index (χ3n) is 7.82. The zero-order valence-corrected chi connectivity index (χ0v) is 32.4. The molecule has 4 N–H and O–H groups in total.